The average Bonchev–Trinajstić information content (AvgIpc) is 3.69. The van der Waals surface area contributed by atoms with Crippen LogP contribution in [0.1, 0.15) is 41.4 Å². The van der Waals surface area contributed by atoms with Crippen molar-refractivity contribution in [3.8, 4) is 0 Å². The number of hydrogen-bond acceptors (Lipinski definition) is 10. The van der Waals surface area contributed by atoms with Crippen LogP contribution in [0.3, 0.4) is 0 Å². The van der Waals surface area contributed by atoms with Crippen molar-refractivity contribution in [1.29, 1.82) is 0 Å². The number of benzene rings is 2. The molecule has 0 radical (unpaired) electrons. The van der Waals surface area contributed by atoms with Gasteiger partial charge in [-0.3, -0.25) is 9.69 Å². The van der Waals surface area contributed by atoms with Gasteiger partial charge in [0.15, 0.2) is 0 Å². The fourth-order valence-corrected chi connectivity index (χ4v) is 5.07. The van der Waals surface area contributed by atoms with Crippen LogP contribution < -0.4 is 0 Å². The monoisotopic (exact) mass is 648 g/mol. The molecule has 1 aliphatic rings. The van der Waals surface area contributed by atoms with Crippen molar-refractivity contribution in [2.75, 3.05) is 28.4 Å². The Labute approximate surface area is 251 Å². The molecule has 0 bridgehead atoms. The lowest BCUT2D eigenvalue weighted by molar-refractivity contribution is -0.170. The number of ether oxygens (including phenoxy) is 4. The number of methoxy groups -OCH3 is 4. The average molecular weight is 649 g/mol. The Balaban J connectivity index is 2.42. The van der Waals surface area contributed by atoms with Crippen molar-refractivity contribution in [2.24, 2.45) is 0 Å². The van der Waals surface area contributed by atoms with Crippen LogP contribution in [0.25, 0.3) is 0 Å². The summed E-state index contributed by atoms with van der Waals surface area (Å²) in [4.78, 5) is 67.2. The maximum Gasteiger partial charge on any atom is 0.416 e. The van der Waals surface area contributed by atoms with Crippen molar-refractivity contribution in [3.05, 3.63) is 70.8 Å². The van der Waals surface area contributed by atoms with Crippen LogP contribution >= 0.6 is 0 Å². The molecule has 2 aromatic rings. The second-order valence-electron chi connectivity index (χ2n) is 9.55. The number of rotatable bonds is 9. The summed E-state index contributed by atoms with van der Waals surface area (Å²) in [7, 11) is 3.46. The summed E-state index contributed by atoms with van der Waals surface area (Å²) in [6, 6.07) is 2.20. The van der Waals surface area contributed by atoms with Crippen LogP contribution in [0.4, 0.5) is 26.3 Å². The zero-order valence-electron chi connectivity index (χ0n) is 24.2. The fraction of sp³-hybridized carbons (Fsp3) is 0.393. The van der Waals surface area contributed by atoms with Gasteiger partial charge in [0.2, 0.25) is 17.5 Å². The molecule has 3 rings (SSSR count). The topological polar surface area (TPSA) is 129 Å². The molecule has 2 aromatic carbocycles. The van der Waals surface area contributed by atoms with Crippen LogP contribution in [0.2, 0.25) is 0 Å². The molecule has 17 heteroatoms. The molecule has 0 spiro atoms. The van der Waals surface area contributed by atoms with Gasteiger partial charge in [-0.05, 0) is 35.4 Å². The number of halogens is 6. The first-order chi connectivity index (χ1) is 20.9. The number of carbonyl (C=O) groups is 5. The minimum atomic E-state index is -4.82. The Hall–Kier alpha value is -4.67. The smallest absolute Gasteiger partial charge is 0.416 e. The highest BCUT2D eigenvalue weighted by atomic mass is 19.4. The molecule has 11 nitrogen and oxygen atoms in total. The van der Waals surface area contributed by atoms with Crippen molar-refractivity contribution in [3.63, 3.8) is 0 Å². The zero-order chi connectivity index (χ0) is 34.1. The molecule has 1 fully saturated rings. The van der Waals surface area contributed by atoms with Crippen LogP contribution in [0, 0.1) is 0 Å². The minimum Gasteiger partial charge on any atom is -0.467 e. The minimum absolute atomic E-state index is 0.133. The summed E-state index contributed by atoms with van der Waals surface area (Å²) in [6.07, 6.45) is -11.5. The summed E-state index contributed by atoms with van der Waals surface area (Å²) in [5.41, 5.74) is -5.23. The number of esters is 4. The van der Waals surface area contributed by atoms with Crippen molar-refractivity contribution >= 4 is 29.8 Å². The first kappa shape index (κ1) is 34.8. The van der Waals surface area contributed by atoms with E-state index in [0.717, 1.165) is 64.5 Å². The second kappa shape index (κ2) is 12.7. The van der Waals surface area contributed by atoms with Gasteiger partial charge in [0, 0.05) is 6.92 Å². The van der Waals surface area contributed by atoms with Gasteiger partial charge in [-0.1, -0.05) is 24.3 Å². The lowest BCUT2D eigenvalue weighted by atomic mass is 9.98. The van der Waals surface area contributed by atoms with Crippen molar-refractivity contribution in [1.82, 2.24) is 9.80 Å². The predicted octanol–water partition coefficient (Wildman–Crippen LogP) is 3.43. The molecule has 45 heavy (non-hydrogen) atoms. The van der Waals surface area contributed by atoms with E-state index in [1.165, 1.54) is 0 Å². The van der Waals surface area contributed by atoms with Crippen molar-refractivity contribution < 1.29 is 69.3 Å². The summed E-state index contributed by atoms with van der Waals surface area (Å²) in [5, 5.41) is 0. The predicted molar refractivity (Wildman–Crippen MR) is 137 cm³/mol. The molecular formula is C28H26F6N2O9. The maximum atomic E-state index is 13.4. The quantitative estimate of drug-likeness (QED) is 0.131. The Morgan fingerprint density at radius 3 is 1.44 bits per heavy atom. The van der Waals surface area contributed by atoms with Gasteiger partial charge in [0.25, 0.3) is 0 Å². The molecule has 0 aliphatic carbocycles. The third kappa shape index (κ3) is 6.29. The molecule has 3 atom stereocenters. The van der Waals surface area contributed by atoms with E-state index in [1.54, 1.807) is 0 Å². The van der Waals surface area contributed by atoms with Gasteiger partial charge in [-0.25, -0.2) is 24.1 Å². The molecule has 0 aromatic heterocycles. The number of amides is 1. The van der Waals surface area contributed by atoms with E-state index in [-0.39, 0.29) is 11.1 Å². The Morgan fingerprint density at radius 1 is 0.711 bits per heavy atom. The number of hydrogen-bond donors (Lipinski definition) is 0. The summed E-state index contributed by atoms with van der Waals surface area (Å²) < 4.78 is 99.3. The number of carbonyl (C=O) groups excluding carboxylic acids is 5. The molecule has 1 unspecified atom stereocenters. The van der Waals surface area contributed by atoms with E-state index in [2.05, 4.69) is 9.47 Å². The highest BCUT2D eigenvalue weighted by Gasteiger charge is 2.79. The van der Waals surface area contributed by atoms with E-state index in [9.17, 15) is 50.3 Å². The summed E-state index contributed by atoms with van der Waals surface area (Å²) in [6.45, 7) is 0.866. The lowest BCUT2D eigenvalue weighted by Crippen LogP contribution is -2.55. The van der Waals surface area contributed by atoms with E-state index < -0.39 is 77.1 Å². The molecule has 0 N–H and O–H groups in total. The van der Waals surface area contributed by atoms with E-state index >= 15 is 0 Å². The molecule has 1 aliphatic heterocycles. The summed E-state index contributed by atoms with van der Waals surface area (Å²) >= 11 is 0. The van der Waals surface area contributed by atoms with Crippen LogP contribution in [0.15, 0.2) is 48.5 Å². The van der Waals surface area contributed by atoms with Gasteiger partial charge in [0.1, 0.15) is 6.17 Å². The van der Waals surface area contributed by atoms with E-state index in [0.29, 0.717) is 29.2 Å². The zero-order valence-corrected chi connectivity index (χ0v) is 24.2. The standard InChI is InChI=1S/C28H26F6N2O9/c1-14(37)35(19(22(38)42-2)23(39)43-3)21(16-8-12-18(13-9-16)28(32,33)34)36-20(26(36,24(40)44-4)25(41)45-5)15-6-10-17(11-7-15)27(29,30)31/h6-13,19-21H,1-5H3/t20-,21-,36?/m1/s1. The first-order valence-corrected chi connectivity index (χ1v) is 12.7. The molecule has 1 amide bonds. The van der Waals surface area contributed by atoms with Gasteiger partial charge < -0.3 is 18.9 Å². The molecule has 1 saturated heterocycles. The van der Waals surface area contributed by atoms with Gasteiger partial charge in [0.05, 0.1) is 45.6 Å². The van der Waals surface area contributed by atoms with Gasteiger partial charge in [-0.2, -0.15) is 26.3 Å². The highest BCUT2D eigenvalue weighted by molar-refractivity contribution is 6.10. The third-order valence-corrected chi connectivity index (χ3v) is 7.11. The molecule has 0 saturated carbocycles. The first-order valence-electron chi connectivity index (χ1n) is 12.7. The Morgan fingerprint density at radius 2 is 1.11 bits per heavy atom. The molecule has 244 valence electrons. The van der Waals surface area contributed by atoms with Crippen LogP contribution in [-0.4, -0.2) is 79.6 Å². The number of nitrogens with zero attached hydrogens (tertiary/aromatic N) is 2. The van der Waals surface area contributed by atoms with Crippen LogP contribution in [-0.2, 0) is 55.3 Å². The van der Waals surface area contributed by atoms with Crippen LogP contribution in [0.5, 0.6) is 0 Å². The van der Waals surface area contributed by atoms with Gasteiger partial charge in [-0.15, -0.1) is 0 Å². The highest BCUT2D eigenvalue weighted by Crippen LogP contribution is 2.60. The van der Waals surface area contributed by atoms with Crippen molar-refractivity contribution in [2.45, 2.75) is 43.1 Å². The molecule has 1 heterocycles. The third-order valence-electron chi connectivity index (χ3n) is 7.11. The lowest BCUT2D eigenvalue weighted by Gasteiger charge is -2.37. The fourth-order valence-electron chi connectivity index (χ4n) is 5.07. The van der Waals surface area contributed by atoms with Gasteiger partial charge >= 0.3 is 36.2 Å². The van der Waals surface area contributed by atoms with E-state index in [4.69, 9.17) is 9.47 Å². The largest absolute Gasteiger partial charge is 0.467 e. The Bertz CT molecular complexity index is 1430. The number of alkyl halides is 6. The SMILES string of the molecule is COC(=O)C(C(=O)OC)N(C(C)=O)[C@@H](c1ccc(C(F)(F)F)cc1)N1[C@H](c2ccc(C(F)(F)F)cc2)C1(C(=O)OC)C(=O)OC. The molecular weight excluding hydrogens is 622 g/mol. The summed E-state index contributed by atoms with van der Waals surface area (Å²) in [5.74, 6) is -6.52. The maximum absolute atomic E-state index is 13.4. The normalized spacial score (nSPS) is 18.0. The second-order valence-corrected chi connectivity index (χ2v) is 9.55. The van der Waals surface area contributed by atoms with E-state index in [1.807, 2.05) is 0 Å². The Kier molecular flexibility index (Phi) is 9.86.